The van der Waals surface area contributed by atoms with E-state index < -0.39 is 11.3 Å². The van der Waals surface area contributed by atoms with E-state index in [1.807, 2.05) is 0 Å². The molecule has 1 atom stereocenters. The van der Waals surface area contributed by atoms with Gasteiger partial charge in [-0.05, 0) is 6.07 Å². The number of rotatable bonds is 3. The maximum absolute atomic E-state index is 13.3. The molecule has 1 saturated carbocycles. The Labute approximate surface area is 91.8 Å². The molecular weight excluding hydrogens is 216 g/mol. The van der Waals surface area contributed by atoms with Gasteiger partial charge in [-0.25, -0.2) is 8.78 Å². The molecule has 0 spiro atoms. The van der Waals surface area contributed by atoms with Gasteiger partial charge in [-0.2, -0.15) is 0 Å². The molecule has 0 aromatic heterocycles. The molecule has 1 aliphatic carbocycles. The molecule has 1 aromatic carbocycles. The van der Waals surface area contributed by atoms with Crippen molar-refractivity contribution in [2.45, 2.75) is 17.8 Å². The summed E-state index contributed by atoms with van der Waals surface area (Å²) in [4.78, 5) is 0. The molecule has 0 heterocycles. The molecule has 2 rings (SSSR count). The quantitative estimate of drug-likeness (QED) is 0.828. The fourth-order valence-corrected chi connectivity index (χ4v) is 2.00. The van der Waals surface area contributed by atoms with Crippen LogP contribution in [-0.4, -0.2) is 24.7 Å². The van der Waals surface area contributed by atoms with Gasteiger partial charge in [-0.15, -0.1) is 0 Å². The minimum absolute atomic E-state index is 0.181. The average Bonchev–Trinajstić information content (AvgIpc) is 2.81. The lowest BCUT2D eigenvalue weighted by molar-refractivity contribution is 0.0889. The van der Waals surface area contributed by atoms with E-state index in [1.54, 1.807) is 6.07 Å². The highest BCUT2D eigenvalue weighted by atomic mass is 19.3. The van der Waals surface area contributed by atoms with Crippen molar-refractivity contribution in [2.24, 2.45) is 5.73 Å². The van der Waals surface area contributed by atoms with Gasteiger partial charge in [-0.3, -0.25) is 0 Å². The van der Waals surface area contributed by atoms with Crippen molar-refractivity contribution < 1.29 is 18.6 Å². The summed E-state index contributed by atoms with van der Waals surface area (Å²) in [5.74, 6) is -2.59. The molecule has 1 aromatic rings. The van der Waals surface area contributed by atoms with Gasteiger partial charge in [0.15, 0.2) is 0 Å². The fourth-order valence-electron chi connectivity index (χ4n) is 2.00. The highest BCUT2D eigenvalue weighted by Crippen LogP contribution is 2.62. The van der Waals surface area contributed by atoms with Gasteiger partial charge >= 0.3 is 0 Å². The first-order chi connectivity index (χ1) is 7.47. The van der Waals surface area contributed by atoms with Crippen LogP contribution >= 0.6 is 0 Å². The number of hydrogen-bond donors (Lipinski definition) is 2. The maximum Gasteiger partial charge on any atom is 0.260 e. The monoisotopic (exact) mass is 229 g/mol. The van der Waals surface area contributed by atoms with Crippen molar-refractivity contribution in [3.8, 4) is 11.5 Å². The molecule has 0 bridgehead atoms. The van der Waals surface area contributed by atoms with Gasteiger partial charge in [0, 0.05) is 24.6 Å². The molecule has 0 aliphatic heterocycles. The molecule has 1 fully saturated rings. The summed E-state index contributed by atoms with van der Waals surface area (Å²) in [6, 6.07) is 4.31. The maximum atomic E-state index is 13.3. The molecule has 0 radical (unpaired) electrons. The topological polar surface area (TPSA) is 55.5 Å². The SMILES string of the molecule is COc1ccc(C2(CN)CC2(F)F)c(O)c1. The normalized spacial score (nSPS) is 26.5. The van der Waals surface area contributed by atoms with E-state index >= 15 is 0 Å². The van der Waals surface area contributed by atoms with Crippen molar-refractivity contribution in [3.63, 3.8) is 0 Å². The highest BCUT2D eigenvalue weighted by Gasteiger charge is 2.71. The van der Waals surface area contributed by atoms with Crippen LogP contribution in [0.25, 0.3) is 0 Å². The van der Waals surface area contributed by atoms with Crippen LogP contribution in [0.4, 0.5) is 8.78 Å². The number of hydrogen-bond acceptors (Lipinski definition) is 3. The van der Waals surface area contributed by atoms with Gasteiger partial charge in [0.2, 0.25) is 0 Å². The fraction of sp³-hybridized carbons (Fsp3) is 0.455. The molecular formula is C11H13F2NO2. The lowest BCUT2D eigenvalue weighted by Gasteiger charge is -2.16. The molecule has 1 aliphatic rings. The Morgan fingerprint density at radius 2 is 2.12 bits per heavy atom. The van der Waals surface area contributed by atoms with Crippen LogP contribution in [0.15, 0.2) is 18.2 Å². The van der Waals surface area contributed by atoms with E-state index in [-0.39, 0.29) is 24.3 Å². The summed E-state index contributed by atoms with van der Waals surface area (Å²) in [6.07, 6.45) is -0.309. The number of aromatic hydroxyl groups is 1. The van der Waals surface area contributed by atoms with E-state index in [9.17, 15) is 13.9 Å². The lowest BCUT2D eigenvalue weighted by Crippen LogP contribution is -2.26. The summed E-state index contributed by atoms with van der Waals surface area (Å²) in [6.45, 7) is -0.181. The second-order valence-corrected chi connectivity index (χ2v) is 4.05. The molecule has 1 unspecified atom stereocenters. The van der Waals surface area contributed by atoms with Gasteiger partial charge in [0.25, 0.3) is 5.92 Å². The Bertz CT molecular complexity index is 422. The van der Waals surface area contributed by atoms with E-state index in [0.29, 0.717) is 5.75 Å². The first-order valence-electron chi connectivity index (χ1n) is 4.92. The van der Waals surface area contributed by atoms with Crippen LogP contribution in [0.3, 0.4) is 0 Å². The van der Waals surface area contributed by atoms with Crippen molar-refractivity contribution in [3.05, 3.63) is 23.8 Å². The van der Waals surface area contributed by atoms with Crippen LogP contribution < -0.4 is 10.5 Å². The zero-order chi connectivity index (χ0) is 12.0. The van der Waals surface area contributed by atoms with Crippen LogP contribution in [0.2, 0.25) is 0 Å². The molecule has 5 heteroatoms. The first kappa shape index (κ1) is 11.1. The summed E-state index contributed by atoms with van der Waals surface area (Å²) < 4.78 is 31.4. The Balaban J connectivity index is 2.42. The number of benzene rings is 1. The summed E-state index contributed by atoms with van der Waals surface area (Å²) in [5, 5.41) is 9.69. The molecule has 16 heavy (non-hydrogen) atoms. The highest BCUT2D eigenvalue weighted by molar-refractivity contribution is 5.50. The summed E-state index contributed by atoms with van der Waals surface area (Å²) in [5.41, 5.74) is 4.19. The zero-order valence-corrected chi connectivity index (χ0v) is 8.84. The number of ether oxygens (including phenoxy) is 1. The van der Waals surface area contributed by atoms with E-state index in [2.05, 4.69) is 0 Å². The standard InChI is InChI=1S/C11H13F2NO2/c1-16-7-2-3-8(9(15)4-7)10(6-14)5-11(10,12)13/h2-4,15H,5-6,14H2,1H3. The third-order valence-electron chi connectivity index (χ3n) is 3.17. The second kappa shape index (κ2) is 3.31. The van der Waals surface area contributed by atoms with E-state index in [0.717, 1.165) is 0 Å². The zero-order valence-electron chi connectivity index (χ0n) is 8.84. The number of methoxy groups -OCH3 is 1. The van der Waals surface area contributed by atoms with Crippen LogP contribution in [-0.2, 0) is 5.41 Å². The van der Waals surface area contributed by atoms with Crippen molar-refractivity contribution in [1.82, 2.24) is 0 Å². The molecule has 3 N–H and O–H groups in total. The van der Waals surface area contributed by atoms with Crippen molar-refractivity contribution >= 4 is 0 Å². The van der Waals surface area contributed by atoms with Gasteiger partial charge < -0.3 is 15.6 Å². The van der Waals surface area contributed by atoms with Crippen molar-refractivity contribution in [2.75, 3.05) is 13.7 Å². The largest absolute Gasteiger partial charge is 0.508 e. The minimum Gasteiger partial charge on any atom is -0.508 e. The van der Waals surface area contributed by atoms with Crippen LogP contribution in [0.1, 0.15) is 12.0 Å². The van der Waals surface area contributed by atoms with Crippen LogP contribution in [0.5, 0.6) is 11.5 Å². The van der Waals surface area contributed by atoms with Crippen LogP contribution in [0, 0.1) is 0 Å². The van der Waals surface area contributed by atoms with E-state index in [4.69, 9.17) is 10.5 Å². The average molecular weight is 229 g/mol. The first-order valence-corrected chi connectivity index (χ1v) is 4.92. The smallest absolute Gasteiger partial charge is 0.260 e. The predicted octanol–water partition coefficient (Wildman–Crippen LogP) is 1.64. The third kappa shape index (κ3) is 1.35. The predicted molar refractivity (Wildman–Crippen MR) is 55.0 cm³/mol. The van der Waals surface area contributed by atoms with E-state index in [1.165, 1.54) is 19.2 Å². The van der Waals surface area contributed by atoms with Crippen molar-refractivity contribution in [1.29, 1.82) is 0 Å². The lowest BCUT2D eigenvalue weighted by atomic mass is 9.94. The molecule has 0 saturated heterocycles. The van der Waals surface area contributed by atoms with Gasteiger partial charge in [-0.1, -0.05) is 6.07 Å². The number of alkyl halides is 2. The van der Waals surface area contributed by atoms with Gasteiger partial charge in [0.1, 0.15) is 11.5 Å². The Kier molecular flexibility index (Phi) is 2.31. The molecule has 88 valence electrons. The summed E-state index contributed by atoms with van der Waals surface area (Å²) >= 11 is 0. The third-order valence-corrected chi connectivity index (χ3v) is 3.17. The number of phenolic OH excluding ortho intramolecular Hbond substituents is 1. The Hall–Kier alpha value is -1.36. The van der Waals surface area contributed by atoms with Gasteiger partial charge in [0.05, 0.1) is 12.5 Å². The minimum atomic E-state index is -2.83. The Morgan fingerprint density at radius 3 is 2.50 bits per heavy atom. The number of nitrogens with two attached hydrogens (primary N) is 1. The molecule has 3 nitrogen and oxygen atoms in total. The summed E-state index contributed by atoms with van der Waals surface area (Å²) in [7, 11) is 1.44. The second-order valence-electron chi connectivity index (χ2n) is 4.05. The Morgan fingerprint density at radius 1 is 1.50 bits per heavy atom. The molecule has 0 amide bonds. The number of phenols is 1. The number of halogens is 2.